The van der Waals surface area contributed by atoms with Gasteiger partial charge in [-0.15, -0.1) is 11.3 Å². The number of hydrogen-bond donors (Lipinski definition) is 2. The minimum absolute atomic E-state index is 0.0275. The molecule has 1 aromatic heterocycles. The van der Waals surface area contributed by atoms with E-state index in [1.54, 1.807) is 16.8 Å². The SMILES string of the molecule is CC(C)(C(=O)NC1[C@@H]2CC3C[C@H]1CC(C(N)=O)(C3)C2)c1cccc(OCc2cscn2)c1. The molecule has 7 heteroatoms. The molecule has 3 N–H and O–H groups in total. The number of nitrogens with zero attached hydrogens (tertiary/aromatic N) is 1. The van der Waals surface area contributed by atoms with E-state index in [2.05, 4.69) is 10.3 Å². The smallest absolute Gasteiger partial charge is 0.230 e. The molecule has 4 aliphatic rings. The topological polar surface area (TPSA) is 94.3 Å². The van der Waals surface area contributed by atoms with Crippen molar-refractivity contribution >= 4 is 23.2 Å². The number of nitrogens with two attached hydrogens (primary N) is 1. The molecule has 0 aliphatic heterocycles. The monoisotopic (exact) mass is 453 g/mol. The van der Waals surface area contributed by atoms with Gasteiger partial charge in [-0.3, -0.25) is 9.59 Å². The first kappa shape index (κ1) is 21.4. The summed E-state index contributed by atoms with van der Waals surface area (Å²) in [5, 5.41) is 5.36. The highest BCUT2D eigenvalue weighted by Crippen LogP contribution is 2.60. The highest BCUT2D eigenvalue weighted by Gasteiger charge is 2.58. The zero-order valence-electron chi connectivity index (χ0n) is 18.7. The molecule has 0 radical (unpaired) electrons. The second kappa shape index (κ2) is 7.87. The molecule has 3 unspecified atom stereocenters. The second-order valence-corrected chi connectivity index (χ2v) is 11.3. The van der Waals surface area contributed by atoms with Crippen LogP contribution in [0.3, 0.4) is 0 Å². The van der Waals surface area contributed by atoms with Crippen LogP contribution in [0.5, 0.6) is 5.75 Å². The van der Waals surface area contributed by atoms with Crippen LogP contribution >= 0.6 is 11.3 Å². The van der Waals surface area contributed by atoms with Gasteiger partial charge in [-0.05, 0) is 81.4 Å². The molecule has 0 saturated heterocycles. The van der Waals surface area contributed by atoms with E-state index < -0.39 is 5.41 Å². The third-order valence-electron chi connectivity index (χ3n) is 8.09. The lowest BCUT2D eigenvalue weighted by Crippen LogP contribution is -2.63. The third-order valence-corrected chi connectivity index (χ3v) is 8.72. The first-order valence-electron chi connectivity index (χ1n) is 11.5. The maximum Gasteiger partial charge on any atom is 0.230 e. The predicted molar refractivity (Wildman–Crippen MR) is 123 cm³/mol. The van der Waals surface area contributed by atoms with Crippen LogP contribution in [-0.2, 0) is 21.6 Å². The Kier molecular flexibility index (Phi) is 5.27. The Hall–Kier alpha value is -2.41. The Morgan fingerprint density at radius 2 is 2.00 bits per heavy atom. The normalized spacial score (nSPS) is 30.8. The minimum atomic E-state index is -0.698. The molecule has 1 heterocycles. The van der Waals surface area contributed by atoms with E-state index in [0.29, 0.717) is 24.4 Å². The van der Waals surface area contributed by atoms with Crippen LogP contribution in [0.2, 0.25) is 0 Å². The fourth-order valence-electron chi connectivity index (χ4n) is 6.47. The number of benzene rings is 1. The van der Waals surface area contributed by atoms with Gasteiger partial charge >= 0.3 is 0 Å². The van der Waals surface area contributed by atoms with Crippen LogP contribution in [0.4, 0.5) is 0 Å². The van der Waals surface area contributed by atoms with Crippen LogP contribution in [0.25, 0.3) is 0 Å². The summed E-state index contributed by atoms with van der Waals surface area (Å²) in [5.41, 5.74) is 8.38. The number of primary amides is 1. The van der Waals surface area contributed by atoms with Crippen molar-refractivity contribution < 1.29 is 14.3 Å². The summed E-state index contributed by atoms with van der Waals surface area (Å²) in [4.78, 5) is 29.9. The van der Waals surface area contributed by atoms with Crippen LogP contribution in [0, 0.1) is 23.2 Å². The molecule has 4 saturated carbocycles. The Labute approximate surface area is 192 Å². The number of aromatic nitrogens is 1. The molecule has 32 heavy (non-hydrogen) atoms. The van der Waals surface area contributed by atoms with Gasteiger partial charge in [0.15, 0.2) is 0 Å². The van der Waals surface area contributed by atoms with Crippen molar-refractivity contribution in [1.29, 1.82) is 0 Å². The Balaban J connectivity index is 1.28. The van der Waals surface area contributed by atoms with E-state index in [1.807, 2.05) is 43.5 Å². The maximum absolute atomic E-state index is 13.5. The van der Waals surface area contributed by atoms with Crippen LogP contribution in [0.15, 0.2) is 35.2 Å². The number of hydrogen-bond acceptors (Lipinski definition) is 5. The second-order valence-electron chi connectivity index (χ2n) is 10.5. The number of carbonyl (C=O) groups excluding carboxylic acids is 2. The maximum atomic E-state index is 13.5. The van der Waals surface area contributed by atoms with Gasteiger partial charge in [0.25, 0.3) is 0 Å². The lowest BCUT2D eigenvalue weighted by molar-refractivity contribution is -0.148. The van der Waals surface area contributed by atoms with Crippen molar-refractivity contribution in [2.75, 3.05) is 0 Å². The standard InChI is InChI=1S/C25H31N3O3S/c1-24(2,18-4-3-5-20(8-18)31-12-19-13-32-14-27-19)23(30)28-21-16-6-15-7-17(21)11-25(9-15,10-16)22(26)29/h3-5,8,13-17,21H,6-7,9-12H2,1-2H3,(H2,26,29)(H,28,30)/t15?,16-,17+,21?,25?. The molecular formula is C25H31N3O3S. The van der Waals surface area contributed by atoms with E-state index in [4.69, 9.17) is 10.5 Å². The van der Waals surface area contributed by atoms with E-state index in [0.717, 1.165) is 49.1 Å². The quantitative estimate of drug-likeness (QED) is 0.667. The van der Waals surface area contributed by atoms with Crippen molar-refractivity contribution in [3.8, 4) is 5.75 Å². The lowest BCUT2D eigenvalue weighted by Gasteiger charge is -2.59. The summed E-state index contributed by atoms with van der Waals surface area (Å²) in [6.45, 7) is 4.33. The average molecular weight is 454 g/mol. The van der Waals surface area contributed by atoms with Crippen molar-refractivity contribution in [2.24, 2.45) is 28.9 Å². The number of amides is 2. The molecule has 170 valence electrons. The summed E-state index contributed by atoms with van der Waals surface area (Å²) in [6, 6.07) is 7.90. The minimum Gasteiger partial charge on any atom is -0.487 e. The van der Waals surface area contributed by atoms with Crippen molar-refractivity contribution in [3.63, 3.8) is 0 Å². The van der Waals surface area contributed by atoms with Crippen molar-refractivity contribution in [1.82, 2.24) is 10.3 Å². The van der Waals surface area contributed by atoms with E-state index in [-0.39, 0.29) is 23.3 Å². The number of nitrogens with one attached hydrogen (secondary N) is 1. The highest BCUT2D eigenvalue weighted by atomic mass is 32.1. The molecule has 4 fully saturated rings. The number of rotatable bonds is 7. The lowest BCUT2D eigenvalue weighted by atomic mass is 9.47. The molecule has 6 nitrogen and oxygen atoms in total. The first-order chi connectivity index (χ1) is 15.3. The molecule has 2 amide bonds. The summed E-state index contributed by atoms with van der Waals surface area (Å²) in [5.74, 6) is 1.89. The zero-order valence-corrected chi connectivity index (χ0v) is 19.5. The van der Waals surface area contributed by atoms with Crippen LogP contribution in [-0.4, -0.2) is 22.8 Å². The summed E-state index contributed by atoms with van der Waals surface area (Å²) >= 11 is 1.54. The molecular weight excluding hydrogens is 422 g/mol. The van der Waals surface area contributed by atoms with Gasteiger partial charge in [-0.2, -0.15) is 0 Å². The molecule has 1 aromatic carbocycles. The Bertz CT molecular complexity index is 1000. The van der Waals surface area contributed by atoms with Crippen molar-refractivity contribution in [3.05, 3.63) is 46.4 Å². The van der Waals surface area contributed by atoms with Gasteiger partial charge in [0.2, 0.25) is 11.8 Å². The molecule has 5 atom stereocenters. The van der Waals surface area contributed by atoms with Crippen LogP contribution < -0.4 is 15.8 Å². The van der Waals surface area contributed by atoms with Gasteiger partial charge in [-0.1, -0.05) is 12.1 Å². The Morgan fingerprint density at radius 3 is 2.66 bits per heavy atom. The number of thiazole rings is 1. The molecule has 2 aromatic rings. The predicted octanol–water partition coefficient (Wildman–Crippen LogP) is 3.80. The number of carbonyl (C=O) groups is 2. The van der Waals surface area contributed by atoms with Gasteiger partial charge < -0.3 is 15.8 Å². The summed E-state index contributed by atoms with van der Waals surface area (Å²) in [7, 11) is 0. The van der Waals surface area contributed by atoms with Gasteiger partial charge in [0.1, 0.15) is 12.4 Å². The van der Waals surface area contributed by atoms with Crippen LogP contribution in [0.1, 0.15) is 57.2 Å². The summed E-state index contributed by atoms with van der Waals surface area (Å²) in [6.07, 6.45) is 4.77. The third kappa shape index (κ3) is 3.70. The largest absolute Gasteiger partial charge is 0.487 e. The number of ether oxygens (including phenoxy) is 1. The molecule has 4 bridgehead atoms. The molecule has 0 spiro atoms. The van der Waals surface area contributed by atoms with Crippen molar-refractivity contribution in [2.45, 2.75) is 64.0 Å². The van der Waals surface area contributed by atoms with E-state index in [1.165, 1.54) is 0 Å². The fourth-order valence-corrected chi connectivity index (χ4v) is 7.01. The van der Waals surface area contributed by atoms with Gasteiger partial charge in [0, 0.05) is 16.8 Å². The van der Waals surface area contributed by atoms with E-state index in [9.17, 15) is 9.59 Å². The zero-order chi connectivity index (χ0) is 22.5. The molecule has 4 aliphatic carbocycles. The van der Waals surface area contributed by atoms with E-state index >= 15 is 0 Å². The van der Waals surface area contributed by atoms with Gasteiger partial charge in [0.05, 0.1) is 16.6 Å². The first-order valence-corrected chi connectivity index (χ1v) is 12.4. The Morgan fingerprint density at radius 1 is 1.25 bits per heavy atom. The summed E-state index contributed by atoms with van der Waals surface area (Å²) < 4.78 is 5.90. The average Bonchev–Trinajstić information content (AvgIpc) is 3.28. The van der Waals surface area contributed by atoms with Gasteiger partial charge in [-0.25, -0.2) is 4.98 Å². The fraction of sp³-hybridized carbons (Fsp3) is 0.560. The highest BCUT2D eigenvalue weighted by molar-refractivity contribution is 7.07. The molecule has 6 rings (SSSR count).